The number of pyridine rings is 1. The molecule has 0 aliphatic heterocycles. The van der Waals surface area contributed by atoms with Gasteiger partial charge in [0, 0.05) is 21.7 Å². The number of fused-ring (bicyclic) bond motifs is 1. The lowest BCUT2D eigenvalue weighted by Crippen LogP contribution is -2.14. The Labute approximate surface area is 217 Å². The molecule has 5 rings (SSSR count). The first-order valence-corrected chi connectivity index (χ1v) is 13.0. The molecule has 184 valence electrons. The van der Waals surface area contributed by atoms with Crippen molar-refractivity contribution in [2.45, 2.75) is 4.90 Å². The fourth-order valence-electron chi connectivity index (χ4n) is 3.81. The number of rotatable bonds is 6. The molecular formula is C28H19ClFN3O3S. The average molecular weight is 532 g/mol. The van der Waals surface area contributed by atoms with E-state index in [2.05, 4.69) is 15.0 Å². The molecular weight excluding hydrogens is 513 g/mol. The van der Waals surface area contributed by atoms with E-state index in [0.29, 0.717) is 44.1 Å². The first-order valence-electron chi connectivity index (χ1n) is 11.1. The fourth-order valence-corrected chi connectivity index (χ4v) is 5.05. The van der Waals surface area contributed by atoms with Crippen LogP contribution >= 0.6 is 11.6 Å². The quantitative estimate of drug-likeness (QED) is 0.254. The highest BCUT2D eigenvalue weighted by Crippen LogP contribution is 2.26. The maximum absolute atomic E-state index is 13.4. The average Bonchev–Trinajstić information content (AvgIpc) is 2.88. The lowest BCUT2D eigenvalue weighted by molar-refractivity contribution is 0.102. The fraction of sp³-hybridized carbons (Fsp3) is 0. The normalized spacial score (nSPS) is 11.3. The van der Waals surface area contributed by atoms with Crippen LogP contribution in [-0.2, 0) is 10.0 Å². The number of sulfonamides is 1. The van der Waals surface area contributed by atoms with Crippen LogP contribution in [0.1, 0.15) is 10.4 Å². The molecule has 4 aromatic carbocycles. The predicted molar refractivity (Wildman–Crippen MR) is 144 cm³/mol. The minimum atomic E-state index is -3.85. The summed E-state index contributed by atoms with van der Waals surface area (Å²) in [6.45, 7) is 0. The minimum absolute atomic E-state index is 0.0263. The minimum Gasteiger partial charge on any atom is -0.322 e. The molecule has 9 heteroatoms. The van der Waals surface area contributed by atoms with E-state index in [1.165, 1.54) is 42.5 Å². The van der Waals surface area contributed by atoms with E-state index in [9.17, 15) is 17.6 Å². The van der Waals surface area contributed by atoms with Crippen molar-refractivity contribution in [3.05, 3.63) is 120 Å². The molecule has 37 heavy (non-hydrogen) atoms. The summed E-state index contributed by atoms with van der Waals surface area (Å²) < 4.78 is 41.3. The molecule has 0 unspecified atom stereocenters. The van der Waals surface area contributed by atoms with E-state index < -0.39 is 15.9 Å². The van der Waals surface area contributed by atoms with Crippen LogP contribution in [0.5, 0.6) is 0 Å². The van der Waals surface area contributed by atoms with Crippen LogP contribution in [0.25, 0.3) is 22.2 Å². The molecule has 6 nitrogen and oxygen atoms in total. The van der Waals surface area contributed by atoms with E-state index in [-0.39, 0.29) is 10.7 Å². The Hall–Kier alpha value is -4.27. The lowest BCUT2D eigenvalue weighted by Gasteiger charge is -2.12. The number of benzene rings is 4. The van der Waals surface area contributed by atoms with Crippen LogP contribution in [0, 0.1) is 5.82 Å². The van der Waals surface area contributed by atoms with Crippen molar-refractivity contribution >= 4 is 49.8 Å². The summed E-state index contributed by atoms with van der Waals surface area (Å²) in [6, 6.07) is 27.0. The van der Waals surface area contributed by atoms with Crippen molar-refractivity contribution in [3.63, 3.8) is 0 Å². The Morgan fingerprint density at radius 3 is 2.27 bits per heavy atom. The van der Waals surface area contributed by atoms with Gasteiger partial charge in [0.05, 0.1) is 27.4 Å². The number of carbonyl (C=O) groups is 1. The Morgan fingerprint density at radius 2 is 1.54 bits per heavy atom. The van der Waals surface area contributed by atoms with Crippen LogP contribution in [0.4, 0.5) is 15.8 Å². The highest BCUT2D eigenvalue weighted by Gasteiger charge is 2.17. The molecule has 0 saturated carbocycles. The van der Waals surface area contributed by atoms with Crippen molar-refractivity contribution < 1.29 is 17.6 Å². The van der Waals surface area contributed by atoms with E-state index >= 15 is 0 Å². The number of halogens is 2. The monoisotopic (exact) mass is 531 g/mol. The van der Waals surface area contributed by atoms with Gasteiger partial charge in [-0.2, -0.15) is 0 Å². The molecule has 1 heterocycles. The molecule has 0 bridgehead atoms. The summed E-state index contributed by atoms with van der Waals surface area (Å²) in [5, 5.41) is 3.87. The first-order chi connectivity index (χ1) is 17.8. The van der Waals surface area contributed by atoms with Crippen molar-refractivity contribution in [1.29, 1.82) is 0 Å². The summed E-state index contributed by atoms with van der Waals surface area (Å²) in [7, 11) is -3.85. The van der Waals surface area contributed by atoms with Gasteiger partial charge < -0.3 is 5.32 Å². The largest absolute Gasteiger partial charge is 0.322 e. The lowest BCUT2D eigenvalue weighted by atomic mass is 10.0. The highest BCUT2D eigenvalue weighted by molar-refractivity contribution is 7.92. The van der Waals surface area contributed by atoms with E-state index in [4.69, 9.17) is 11.6 Å². The van der Waals surface area contributed by atoms with Crippen molar-refractivity contribution in [2.24, 2.45) is 0 Å². The summed E-state index contributed by atoms with van der Waals surface area (Å²) in [6.07, 6.45) is 0. The topological polar surface area (TPSA) is 88.2 Å². The van der Waals surface area contributed by atoms with E-state index in [1.54, 1.807) is 48.5 Å². The highest BCUT2D eigenvalue weighted by atomic mass is 35.5. The van der Waals surface area contributed by atoms with Gasteiger partial charge in [0.25, 0.3) is 15.9 Å². The number of para-hydroxylation sites is 1. The maximum atomic E-state index is 13.4. The zero-order chi connectivity index (χ0) is 26.0. The molecule has 5 aromatic rings. The molecule has 0 spiro atoms. The van der Waals surface area contributed by atoms with Gasteiger partial charge in [0.2, 0.25) is 0 Å². The second-order valence-corrected chi connectivity index (χ2v) is 10.3. The molecule has 0 atom stereocenters. The van der Waals surface area contributed by atoms with E-state index in [1.807, 2.05) is 12.1 Å². The zero-order valence-electron chi connectivity index (χ0n) is 19.2. The zero-order valence-corrected chi connectivity index (χ0v) is 20.7. The van der Waals surface area contributed by atoms with Crippen LogP contribution in [0.3, 0.4) is 0 Å². The smallest absolute Gasteiger partial charge is 0.261 e. The molecule has 2 N–H and O–H groups in total. The third-order valence-corrected chi connectivity index (χ3v) is 7.23. The molecule has 0 saturated heterocycles. The first kappa shape index (κ1) is 24.4. The second kappa shape index (κ2) is 10.0. The number of anilines is 2. The van der Waals surface area contributed by atoms with Crippen LogP contribution in [0.2, 0.25) is 5.02 Å². The summed E-state index contributed by atoms with van der Waals surface area (Å²) in [5.41, 5.74) is 2.94. The molecule has 1 aromatic heterocycles. The SMILES string of the molecule is O=C(Nc1ccc(S(=O)(=O)Nc2cccc(Cl)c2)cc1)c1cc(-c2ccc(F)cc2)nc2ccccc12. The predicted octanol–water partition coefficient (Wildman–Crippen LogP) is 6.75. The Balaban J connectivity index is 1.41. The Bertz CT molecular complexity index is 1720. The number of carbonyl (C=O) groups excluding carboxylic acids is 1. The number of amides is 1. The van der Waals surface area contributed by atoms with Gasteiger partial charge in [-0.3, -0.25) is 9.52 Å². The van der Waals surface area contributed by atoms with Gasteiger partial charge in [0.1, 0.15) is 5.82 Å². The van der Waals surface area contributed by atoms with Crippen LogP contribution in [0.15, 0.2) is 108 Å². The van der Waals surface area contributed by atoms with Crippen LogP contribution in [-0.4, -0.2) is 19.3 Å². The van der Waals surface area contributed by atoms with Gasteiger partial charge in [-0.25, -0.2) is 17.8 Å². The van der Waals surface area contributed by atoms with Gasteiger partial charge in [-0.05, 0) is 78.9 Å². The van der Waals surface area contributed by atoms with E-state index in [0.717, 1.165) is 0 Å². The Morgan fingerprint density at radius 1 is 0.811 bits per heavy atom. The standard InChI is InChI=1S/C28H19ClFN3O3S/c29-19-4-3-5-22(16-19)33-37(35,36)23-14-12-21(13-15-23)31-28(34)25-17-27(18-8-10-20(30)11-9-18)32-26-7-2-1-6-24(25)26/h1-17,33H,(H,31,34). The molecule has 0 aliphatic rings. The molecule has 0 aliphatic carbocycles. The van der Waals surface area contributed by atoms with Crippen molar-refractivity contribution in [3.8, 4) is 11.3 Å². The number of nitrogens with one attached hydrogen (secondary N) is 2. The maximum Gasteiger partial charge on any atom is 0.261 e. The van der Waals surface area contributed by atoms with Gasteiger partial charge >= 0.3 is 0 Å². The molecule has 1 amide bonds. The number of hydrogen-bond donors (Lipinski definition) is 2. The number of nitrogens with zero attached hydrogens (tertiary/aromatic N) is 1. The summed E-state index contributed by atoms with van der Waals surface area (Å²) >= 11 is 5.93. The van der Waals surface area contributed by atoms with Crippen LogP contribution < -0.4 is 10.0 Å². The number of hydrogen-bond acceptors (Lipinski definition) is 4. The third-order valence-electron chi connectivity index (χ3n) is 5.60. The van der Waals surface area contributed by atoms with Crippen molar-refractivity contribution in [2.75, 3.05) is 10.0 Å². The number of aromatic nitrogens is 1. The molecule has 0 fully saturated rings. The second-order valence-electron chi connectivity index (χ2n) is 8.17. The third kappa shape index (κ3) is 5.45. The van der Waals surface area contributed by atoms with Gasteiger partial charge in [-0.15, -0.1) is 0 Å². The molecule has 0 radical (unpaired) electrons. The van der Waals surface area contributed by atoms with Gasteiger partial charge in [-0.1, -0.05) is 35.9 Å². The summed E-state index contributed by atoms with van der Waals surface area (Å²) in [4.78, 5) is 17.9. The Kier molecular flexibility index (Phi) is 6.60. The van der Waals surface area contributed by atoms with Crippen molar-refractivity contribution in [1.82, 2.24) is 4.98 Å². The summed E-state index contributed by atoms with van der Waals surface area (Å²) in [5.74, 6) is -0.759. The van der Waals surface area contributed by atoms with Gasteiger partial charge in [0.15, 0.2) is 0 Å².